The van der Waals surface area contributed by atoms with Crippen LogP contribution >= 0.6 is 0 Å². The number of hydrogen-bond acceptors (Lipinski definition) is 4. The first kappa shape index (κ1) is 12.2. The number of fused-ring (bicyclic) bond motifs is 1. The molecule has 0 radical (unpaired) electrons. The van der Waals surface area contributed by atoms with Crippen molar-refractivity contribution in [2.45, 2.75) is 0 Å². The number of aromatic nitrogens is 3. The van der Waals surface area contributed by atoms with E-state index in [4.69, 9.17) is 9.84 Å². The van der Waals surface area contributed by atoms with Gasteiger partial charge < -0.3 is 9.84 Å². The molecule has 0 unspecified atom stereocenters. The van der Waals surface area contributed by atoms with Crippen molar-refractivity contribution in [2.75, 3.05) is 7.11 Å². The van der Waals surface area contributed by atoms with Gasteiger partial charge in [-0.15, -0.1) is 10.2 Å². The Balaban J connectivity index is 2.28. The van der Waals surface area contributed by atoms with E-state index in [-0.39, 0.29) is 5.56 Å². The lowest BCUT2D eigenvalue weighted by Crippen LogP contribution is -2.01. The average molecular weight is 269 g/mol. The van der Waals surface area contributed by atoms with Gasteiger partial charge in [0, 0.05) is 6.20 Å². The molecule has 0 aliphatic heterocycles. The van der Waals surface area contributed by atoms with Gasteiger partial charge in [0.25, 0.3) is 0 Å². The predicted molar refractivity (Wildman–Crippen MR) is 71.9 cm³/mol. The highest BCUT2D eigenvalue weighted by Gasteiger charge is 2.16. The molecule has 3 aromatic rings. The molecule has 1 aromatic carbocycles. The van der Waals surface area contributed by atoms with Crippen LogP contribution < -0.4 is 4.74 Å². The van der Waals surface area contributed by atoms with Crippen LogP contribution in [0, 0.1) is 0 Å². The molecule has 0 aliphatic carbocycles. The monoisotopic (exact) mass is 269 g/mol. The minimum absolute atomic E-state index is 0.112. The molecule has 6 heteroatoms. The highest BCUT2D eigenvalue weighted by Crippen LogP contribution is 2.28. The maximum atomic E-state index is 11.2. The van der Waals surface area contributed by atoms with E-state index in [1.807, 2.05) is 24.3 Å². The number of benzene rings is 1. The molecule has 1 N–H and O–H groups in total. The molecule has 0 atom stereocenters. The number of carboxylic acid groups (broad SMARTS) is 1. The zero-order valence-corrected chi connectivity index (χ0v) is 10.6. The molecule has 100 valence electrons. The maximum absolute atomic E-state index is 11.2. The first-order chi connectivity index (χ1) is 9.72. The summed E-state index contributed by atoms with van der Waals surface area (Å²) in [5.41, 5.74) is 1.17. The van der Waals surface area contributed by atoms with Gasteiger partial charge >= 0.3 is 5.97 Å². The highest BCUT2D eigenvalue weighted by molar-refractivity contribution is 5.94. The Morgan fingerprint density at radius 1 is 1.20 bits per heavy atom. The number of pyridine rings is 1. The number of nitrogens with zero attached hydrogens (tertiary/aromatic N) is 3. The van der Waals surface area contributed by atoms with Crippen molar-refractivity contribution in [3.63, 3.8) is 0 Å². The fourth-order valence-corrected chi connectivity index (χ4v) is 2.10. The van der Waals surface area contributed by atoms with E-state index in [1.165, 1.54) is 6.07 Å². The molecule has 0 aliphatic rings. The number of carboxylic acids is 1. The molecule has 0 saturated carbocycles. The van der Waals surface area contributed by atoms with Crippen LogP contribution in [0.2, 0.25) is 0 Å². The topological polar surface area (TPSA) is 76.7 Å². The molecule has 0 spiro atoms. The van der Waals surface area contributed by atoms with Crippen molar-refractivity contribution in [3.05, 3.63) is 48.2 Å². The standard InChI is InChI=1S/C14H11N3O3/c1-20-11-7-3-2-5-9(11)12-15-16-13-10(14(18)19)6-4-8-17(12)13/h2-8H,1H3,(H,18,19). The van der Waals surface area contributed by atoms with Gasteiger partial charge in [0.15, 0.2) is 11.5 Å². The SMILES string of the molecule is COc1ccccc1-c1nnc2c(C(=O)O)cccn12. The second-order valence-corrected chi connectivity index (χ2v) is 4.14. The third kappa shape index (κ3) is 1.78. The summed E-state index contributed by atoms with van der Waals surface area (Å²) < 4.78 is 6.94. The lowest BCUT2D eigenvalue weighted by atomic mass is 10.2. The van der Waals surface area contributed by atoms with Gasteiger partial charge in [-0.05, 0) is 24.3 Å². The fraction of sp³-hybridized carbons (Fsp3) is 0.0714. The van der Waals surface area contributed by atoms with E-state index in [1.54, 1.807) is 23.8 Å². The Morgan fingerprint density at radius 2 is 2.00 bits per heavy atom. The number of aromatic carboxylic acids is 1. The molecule has 2 aromatic heterocycles. The summed E-state index contributed by atoms with van der Waals surface area (Å²) in [5, 5.41) is 17.2. The van der Waals surface area contributed by atoms with E-state index < -0.39 is 5.97 Å². The lowest BCUT2D eigenvalue weighted by molar-refractivity contribution is 0.0698. The summed E-state index contributed by atoms with van der Waals surface area (Å²) in [6.45, 7) is 0. The van der Waals surface area contributed by atoms with Crippen LogP contribution in [0.25, 0.3) is 17.0 Å². The summed E-state index contributed by atoms with van der Waals surface area (Å²) in [6.07, 6.45) is 1.73. The van der Waals surface area contributed by atoms with Gasteiger partial charge in [0.2, 0.25) is 0 Å². The smallest absolute Gasteiger partial charge is 0.339 e. The second kappa shape index (κ2) is 4.65. The van der Waals surface area contributed by atoms with Crippen LogP contribution in [0.1, 0.15) is 10.4 Å². The van der Waals surface area contributed by atoms with Crippen molar-refractivity contribution in [1.82, 2.24) is 14.6 Å². The first-order valence-corrected chi connectivity index (χ1v) is 5.93. The Kier molecular flexibility index (Phi) is 2.83. The number of carbonyl (C=O) groups is 1. The Hall–Kier alpha value is -2.89. The van der Waals surface area contributed by atoms with Gasteiger partial charge in [-0.25, -0.2) is 4.79 Å². The minimum atomic E-state index is -1.03. The molecule has 0 amide bonds. The molecule has 0 fully saturated rings. The summed E-state index contributed by atoms with van der Waals surface area (Å²) in [6, 6.07) is 10.5. The zero-order valence-electron chi connectivity index (χ0n) is 10.6. The number of ether oxygens (including phenoxy) is 1. The molecule has 2 heterocycles. The Labute approximate surface area is 114 Å². The van der Waals surface area contributed by atoms with E-state index in [0.29, 0.717) is 17.2 Å². The number of methoxy groups -OCH3 is 1. The lowest BCUT2D eigenvalue weighted by Gasteiger charge is -2.06. The predicted octanol–water partition coefficient (Wildman–Crippen LogP) is 2.10. The Bertz CT molecular complexity index is 795. The molecule has 0 saturated heterocycles. The number of para-hydroxylation sites is 1. The first-order valence-electron chi connectivity index (χ1n) is 5.93. The molecular formula is C14H11N3O3. The van der Waals surface area contributed by atoms with Crippen LogP contribution in [0.15, 0.2) is 42.6 Å². The van der Waals surface area contributed by atoms with Crippen LogP contribution in [0.5, 0.6) is 5.75 Å². The quantitative estimate of drug-likeness (QED) is 0.788. The number of rotatable bonds is 3. The van der Waals surface area contributed by atoms with Crippen LogP contribution in [0.4, 0.5) is 0 Å². The van der Waals surface area contributed by atoms with Crippen molar-refractivity contribution in [2.24, 2.45) is 0 Å². The van der Waals surface area contributed by atoms with Crippen LogP contribution in [-0.4, -0.2) is 32.8 Å². The van der Waals surface area contributed by atoms with Crippen LogP contribution in [0.3, 0.4) is 0 Å². The summed E-state index contributed by atoms with van der Waals surface area (Å²) in [7, 11) is 1.57. The van der Waals surface area contributed by atoms with Gasteiger partial charge in [0.1, 0.15) is 11.3 Å². The zero-order chi connectivity index (χ0) is 14.1. The summed E-state index contributed by atoms with van der Waals surface area (Å²) in [4.78, 5) is 11.2. The van der Waals surface area contributed by atoms with Gasteiger partial charge in [-0.1, -0.05) is 12.1 Å². The van der Waals surface area contributed by atoms with Gasteiger partial charge in [0.05, 0.1) is 12.7 Å². The van der Waals surface area contributed by atoms with E-state index in [0.717, 1.165) is 5.56 Å². The molecule has 3 rings (SSSR count). The minimum Gasteiger partial charge on any atom is -0.496 e. The summed E-state index contributed by atoms with van der Waals surface area (Å²) in [5.74, 6) is 0.164. The van der Waals surface area contributed by atoms with E-state index in [9.17, 15) is 4.79 Å². The third-order valence-electron chi connectivity index (χ3n) is 3.01. The van der Waals surface area contributed by atoms with E-state index in [2.05, 4.69) is 10.2 Å². The van der Waals surface area contributed by atoms with Crippen molar-refractivity contribution in [1.29, 1.82) is 0 Å². The molecule has 20 heavy (non-hydrogen) atoms. The normalized spacial score (nSPS) is 10.7. The largest absolute Gasteiger partial charge is 0.496 e. The Morgan fingerprint density at radius 3 is 2.75 bits per heavy atom. The second-order valence-electron chi connectivity index (χ2n) is 4.14. The molecule has 0 bridgehead atoms. The van der Waals surface area contributed by atoms with E-state index >= 15 is 0 Å². The third-order valence-corrected chi connectivity index (χ3v) is 3.01. The molecular weight excluding hydrogens is 258 g/mol. The van der Waals surface area contributed by atoms with Gasteiger partial charge in [-0.3, -0.25) is 4.40 Å². The fourth-order valence-electron chi connectivity index (χ4n) is 2.10. The molecule has 6 nitrogen and oxygen atoms in total. The van der Waals surface area contributed by atoms with Crippen molar-refractivity contribution in [3.8, 4) is 17.1 Å². The number of hydrogen-bond donors (Lipinski definition) is 1. The van der Waals surface area contributed by atoms with Crippen LogP contribution in [-0.2, 0) is 0 Å². The maximum Gasteiger partial charge on any atom is 0.339 e. The highest BCUT2D eigenvalue weighted by atomic mass is 16.5. The average Bonchev–Trinajstić information content (AvgIpc) is 2.90. The van der Waals surface area contributed by atoms with Crippen molar-refractivity contribution < 1.29 is 14.6 Å². The summed E-state index contributed by atoms with van der Waals surface area (Å²) >= 11 is 0. The van der Waals surface area contributed by atoms with Crippen molar-refractivity contribution >= 4 is 11.6 Å². The van der Waals surface area contributed by atoms with Gasteiger partial charge in [-0.2, -0.15) is 0 Å².